The lowest BCUT2D eigenvalue weighted by molar-refractivity contribution is -0.138. The number of aliphatic carboxylic acids is 1. The summed E-state index contributed by atoms with van der Waals surface area (Å²) < 4.78 is 0. The van der Waals surface area contributed by atoms with E-state index in [1.807, 2.05) is 4.90 Å². The molecule has 0 radical (unpaired) electrons. The number of rotatable bonds is 2. The first-order chi connectivity index (χ1) is 7.16. The molecule has 0 amide bonds. The van der Waals surface area contributed by atoms with E-state index in [1.54, 1.807) is 0 Å². The second-order valence-corrected chi connectivity index (χ2v) is 4.07. The van der Waals surface area contributed by atoms with Gasteiger partial charge in [0.1, 0.15) is 0 Å². The molecule has 2 rings (SSSR count). The number of carboxylic acids is 1. The van der Waals surface area contributed by atoms with Gasteiger partial charge in [-0.05, 0) is 30.0 Å². The van der Waals surface area contributed by atoms with Crippen molar-refractivity contribution in [2.45, 2.75) is 19.9 Å². The van der Waals surface area contributed by atoms with Crippen molar-refractivity contribution in [3.63, 3.8) is 0 Å². The minimum absolute atomic E-state index is 0.147. The highest BCUT2D eigenvalue weighted by Crippen LogP contribution is 2.21. The highest BCUT2D eigenvalue weighted by atomic mass is 16.4. The van der Waals surface area contributed by atoms with Gasteiger partial charge in [0.15, 0.2) is 0 Å². The Balaban J connectivity index is 2.18. The molecule has 0 aliphatic carbocycles. The summed E-state index contributed by atoms with van der Waals surface area (Å²) in [6.45, 7) is 3.86. The zero-order valence-corrected chi connectivity index (χ0v) is 8.86. The van der Waals surface area contributed by atoms with Gasteiger partial charge in [0, 0.05) is 13.1 Å². The Bertz CT molecular complexity index is 387. The van der Waals surface area contributed by atoms with Gasteiger partial charge in [-0.3, -0.25) is 9.69 Å². The van der Waals surface area contributed by atoms with Crippen molar-refractivity contribution < 1.29 is 9.90 Å². The van der Waals surface area contributed by atoms with Gasteiger partial charge in [0.2, 0.25) is 0 Å². The van der Waals surface area contributed by atoms with Gasteiger partial charge in [-0.1, -0.05) is 18.2 Å². The van der Waals surface area contributed by atoms with Crippen LogP contribution in [0.15, 0.2) is 18.2 Å². The highest BCUT2D eigenvalue weighted by Gasteiger charge is 2.18. The number of carboxylic acid groups (broad SMARTS) is 1. The van der Waals surface area contributed by atoms with Crippen molar-refractivity contribution in [3.8, 4) is 0 Å². The molecule has 1 N–H and O–H groups in total. The third-order valence-electron chi connectivity index (χ3n) is 2.95. The van der Waals surface area contributed by atoms with E-state index in [2.05, 4.69) is 25.1 Å². The molecule has 0 fully saturated rings. The van der Waals surface area contributed by atoms with Crippen molar-refractivity contribution in [3.05, 3.63) is 34.9 Å². The quantitative estimate of drug-likeness (QED) is 0.794. The lowest BCUT2D eigenvalue weighted by Crippen LogP contribution is -2.35. The first-order valence-electron chi connectivity index (χ1n) is 5.18. The Labute approximate surface area is 89.3 Å². The van der Waals surface area contributed by atoms with Gasteiger partial charge < -0.3 is 5.11 Å². The molecule has 3 nitrogen and oxygen atoms in total. The molecule has 1 heterocycles. The molecule has 1 aromatic carbocycles. The molecule has 0 spiro atoms. The average molecular weight is 205 g/mol. The highest BCUT2D eigenvalue weighted by molar-refractivity contribution is 5.69. The van der Waals surface area contributed by atoms with Crippen LogP contribution in [0.3, 0.4) is 0 Å². The van der Waals surface area contributed by atoms with Crippen LogP contribution in [-0.4, -0.2) is 29.1 Å². The van der Waals surface area contributed by atoms with Crippen LogP contribution in [0.2, 0.25) is 0 Å². The minimum atomic E-state index is -0.743. The number of aryl methyl sites for hydroxylation is 1. The summed E-state index contributed by atoms with van der Waals surface area (Å²) in [4.78, 5) is 12.6. The Morgan fingerprint density at radius 2 is 2.33 bits per heavy atom. The molecule has 1 aliphatic heterocycles. The maximum atomic E-state index is 10.6. The van der Waals surface area contributed by atoms with Gasteiger partial charge in [-0.2, -0.15) is 0 Å². The SMILES string of the molecule is Cc1cccc2c1CN(CC(=O)O)CC2. The number of carbonyl (C=O) groups is 1. The summed E-state index contributed by atoms with van der Waals surface area (Å²) >= 11 is 0. The Morgan fingerprint density at radius 3 is 3.07 bits per heavy atom. The summed E-state index contributed by atoms with van der Waals surface area (Å²) in [6.07, 6.45) is 0.963. The predicted octanol–water partition coefficient (Wildman–Crippen LogP) is 1.44. The molecule has 0 aromatic heterocycles. The minimum Gasteiger partial charge on any atom is -0.480 e. The molecule has 15 heavy (non-hydrogen) atoms. The van der Waals surface area contributed by atoms with E-state index in [0.717, 1.165) is 19.5 Å². The summed E-state index contributed by atoms with van der Waals surface area (Å²) in [7, 11) is 0. The van der Waals surface area contributed by atoms with Crippen LogP contribution in [0, 0.1) is 6.92 Å². The fourth-order valence-electron chi connectivity index (χ4n) is 2.13. The molecular formula is C12H15NO2. The molecular weight excluding hydrogens is 190 g/mol. The van der Waals surface area contributed by atoms with Crippen LogP contribution in [0.5, 0.6) is 0 Å². The van der Waals surface area contributed by atoms with Crippen LogP contribution in [0.4, 0.5) is 0 Å². The number of fused-ring (bicyclic) bond motifs is 1. The van der Waals surface area contributed by atoms with Gasteiger partial charge >= 0.3 is 5.97 Å². The molecule has 0 atom stereocenters. The van der Waals surface area contributed by atoms with E-state index in [1.165, 1.54) is 16.7 Å². The molecule has 0 saturated heterocycles. The molecule has 0 saturated carbocycles. The maximum absolute atomic E-state index is 10.6. The number of nitrogens with zero attached hydrogens (tertiary/aromatic N) is 1. The van der Waals surface area contributed by atoms with Crippen molar-refractivity contribution in [1.29, 1.82) is 0 Å². The summed E-state index contributed by atoms with van der Waals surface area (Å²) in [5, 5.41) is 8.74. The van der Waals surface area contributed by atoms with E-state index in [4.69, 9.17) is 5.11 Å². The molecule has 0 bridgehead atoms. The van der Waals surface area contributed by atoms with Gasteiger partial charge in [0.25, 0.3) is 0 Å². The summed E-state index contributed by atoms with van der Waals surface area (Å²) in [5.41, 5.74) is 3.95. The maximum Gasteiger partial charge on any atom is 0.317 e. The van der Waals surface area contributed by atoms with Gasteiger partial charge in [0.05, 0.1) is 6.54 Å². The smallest absolute Gasteiger partial charge is 0.317 e. The van der Waals surface area contributed by atoms with Crippen LogP contribution >= 0.6 is 0 Å². The van der Waals surface area contributed by atoms with E-state index in [0.29, 0.717) is 0 Å². The second kappa shape index (κ2) is 4.03. The molecule has 3 heteroatoms. The number of hydrogen-bond acceptors (Lipinski definition) is 2. The Hall–Kier alpha value is -1.35. The fraction of sp³-hybridized carbons (Fsp3) is 0.417. The van der Waals surface area contributed by atoms with Crippen LogP contribution in [0.25, 0.3) is 0 Å². The lowest BCUT2D eigenvalue weighted by atomic mass is 9.96. The van der Waals surface area contributed by atoms with Crippen molar-refractivity contribution >= 4 is 5.97 Å². The molecule has 0 unspecified atom stereocenters. The van der Waals surface area contributed by atoms with E-state index in [-0.39, 0.29) is 6.54 Å². The third-order valence-corrected chi connectivity index (χ3v) is 2.95. The monoisotopic (exact) mass is 205 g/mol. The first kappa shape index (κ1) is 10.2. The molecule has 1 aliphatic rings. The van der Waals surface area contributed by atoms with Crippen molar-refractivity contribution in [2.75, 3.05) is 13.1 Å². The lowest BCUT2D eigenvalue weighted by Gasteiger charge is -2.28. The van der Waals surface area contributed by atoms with Crippen LogP contribution in [-0.2, 0) is 17.8 Å². The molecule has 1 aromatic rings. The number of hydrogen-bond donors (Lipinski definition) is 1. The first-order valence-corrected chi connectivity index (χ1v) is 5.18. The van der Waals surface area contributed by atoms with Crippen LogP contribution in [0.1, 0.15) is 16.7 Å². The van der Waals surface area contributed by atoms with Gasteiger partial charge in [-0.15, -0.1) is 0 Å². The molecule has 80 valence electrons. The normalized spacial score (nSPS) is 16.1. The number of benzene rings is 1. The zero-order valence-electron chi connectivity index (χ0n) is 8.86. The second-order valence-electron chi connectivity index (χ2n) is 4.07. The standard InChI is InChI=1S/C12H15NO2/c1-9-3-2-4-10-5-6-13(7-11(9)10)8-12(14)15/h2-4H,5-8H2,1H3,(H,14,15). The predicted molar refractivity (Wildman–Crippen MR) is 57.8 cm³/mol. The van der Waals surface area contributed by atoms with Gasteiger partial charge in [-0.25, -0.2) is 0 Å². The van der Waals surface area contributed by atoms with Crippen molar-refractivity contribution in [1.82, 2.24) is 4.90 Å². The zero-order chi connectivity index (χ0) is 10.8. The van der Waals surface area contributed by atoms with E-state index < -0.39 is 5.97 Å². The summed E-state index contributed by atoms with van der Waals surface area (Å²) in [5.74, 6) is -0.743. The van der Waals surface area contributed by atoms with E-state index >= 15 is 0 Å². The third kappa shape index (κ3) is 2.18. The van der Waals surface area contributed by atoms with Crippen molar-refractivity contribution in [2.24, 2.45) is 0 Å². The largest absolute Gasteiger partial charge is 0.480 e. The average Bonchev–Trinajstić information content (AvgIpc) is 2.18. The Kier molecular flexibility index (Phi) is 2.73. The Morgan fingerprint density at radius 1 is 1.53 bits per heavy atom. The topological polar surface area (TPSA) is 40.5 Å². The van der Waals surface area contributed by atoms with Crippen LogP contribution < -0.4 is 0 Å². The summed E-state index contributed by atoms with van der Waals surface area (Å²) in [6, 6.07) is 6.30. The fourth-order valence-corrected chi connectivity index (χ4v) is 2.13. The van der Waals surface area contributed by atoms with E-state index in [9.17, 15) is 4.79 Å².